The van der Waals surface area contributed by atoms with Crippen molar-refractivity contribution in [3.8, 4) is 11.4 Å². The normalized spacial score (nSPS) is 14.4. The molecule has 0 aliphatic heterocycles. The predicted molar refractivity (Wildman–Crippen MR) is 133 cm³/mol. The average Bonchev–Trinajstić information content (AvgIpc) is 3.51. The second-order valence-corrected chi connectivity index (χ2v) is 7.69. The van der Waals surface area contributed by atoms with Crippen molar-refractivity contribution in [2.24, 2.45) is 10.9 Å². The molecule has 0 amide bonds. The Balaban J connectivity index is 0.00000289. The number of aliphatic imine (C=N–C) groups is 1. The Morgan fingerprint density at radius 1 is 1.25 bits per heavy atom. The van der Waals surface area contributed by atoms with Gasteiger partial charge >= 0.3 is 0 Å². The molecule has 1 aliphatic rings. The summed E-state index contributed by atoms with van der Waals surface area (Å²) < 4.78 is 21.9. The fourth-order valence-electron chi connectivity index (χ4n) is 3.23. The number of aromatic nitrogens is 3. The molecule has 1 atom stereocenters. The van der Waals surface area contributed by atoms with Gasteiger partial charge in [-0.1, -0.05) is 24.3 Å². The number of nitrogens with zero attached hydrogens (tertiary/aromatic N) is 4. The van der Waals surface area contributed by atoms with Crippen molar-refractivity contribution in [2.75, 3.05) is 13.7 Å². The highest BCUT2D eigenvalue weighted by Crippen LogP contribution is 2.30. The van der Waals surface area contributed by atoms with Crippen LogP contribution in [0, 0.1) is 11.7 Å². The van der Waals surface area contributed by atoms with E-state index in [2.05, 4.69) is 25.8 Å². The predicted octanol–water partition coefficient (Wildman–Crippen LogP) is 4.24. The number of hydrogen-bond acceptors (Lipinski definition) is 4. The lowest BCUT2D eigenvalue weighted by Crippen LogP contribution is -2.38. The average molecular weight is 550 g/mol. The Hall–Kier alpha value is -2.69. The maximum Gasteiger partial charge on any atom is 0.191 e. The van der Waals surface area contributed by atoms with Crippen LogP contribution < -0.4 is 15.4 Å². The van der Waals surface area contributed by atoms with Crippen molar-refractivity contribution in [3.63, 3.8) is 0 Å². The van der Waals surface area contributed by atoms with Gasteiger partial charge in [0.15, 0.2) is 23.4 Å². The van der Waals surface area contributed by atoms with Crippen molar-refractivity contribution >= 4 is 29.9 Å². The van der Waals surface area contributed by atoms with Crippen LogP contribution in [0.25, 0.3) is 5.69 Å². The zero-order valence-corrected chi connectivity index (χ0v) is 20.5. The molecule has 4 rings (SSSR count). The summed E-state index contributed by atoms with van der Waals surface area (Å²) >= 11 is 0. The van der Waals surface area contributed by atoms with Crippen molar-refractivity contribution in [3.05, 3.63) is 72.1 Å². The summed E-state index contributed by atoms with van der Waals surface area (Å²) in [6, 6.07) is 14.8. The molecule has 1 fully saturated rings. The monoisotopic (exact) mass is 550 g/mol. The van der Waals surface area contributed by atoms with Gasteiger partial charge in [0.05, 0.1) is 19.2 Å². The lowest BCUT2D eigenvalue weighted by Gasteiger charge is -2.19. The minimum atomic E-state index is -0.342. The summed E-state index contributed by atoms with van der Waals surface area (Å²) in [6.45, 7) is 2.98. The SMILES string of the molecule is CN=C(NCc1nncn1-c1ccccc1)NC(C)c1ccc(OCC2CC2)c(F)c1.I. The molecule has 2 aromatic carbocycles. The van der Waals surface area contributed by atoms with E-state index in [1.165, 1.54) is 18.9 Å². The zero-order valence-electron chi connectivity index (χ0n) is 18.2. The topological polar surface area (TPSA) is 76.4 Å². The van der Waals surface area contributed by atoms with Gasteiger partial charge in [-0.15, -0.1) is 34.2 Å². The quantitative estimate of drug-likeness (QED) is 0.250. The van der Waals surface area contributed by atoms with Gasteiger partial charge < -0.3 is 15.4 Å². The minimum Gasteiger partial charge on any atom is -0.490 e. The van der Waals surface area contributed by atoms with Crippen LogP contribution in [0.15, 0.2) is 59.9 Å². The molecule has 1 heterocycles. The van der Waals surface area contributed by atoms with E-state index in [0.717, 1.165) is 17.1 Å². The number of guanidine groups is 1. The largest absolute Gasteiger partial charge is 0.490 e. The molecule has 32 heavy (non-hydrogen) atoms. The van der Waals surface area contributed by atoms with Crippen LogP contribution in [0.1, 0.15) is 37.2 Å². The first kappa shape index (κ1) is 24.0. The fourth-order valence-corrected chi connectivity index (χ4v) is 3.23. The molecule has 7 nitrogen and oxygen atoms in total. The van der Waals surface area contributed by atoms with E-state index in [9.17, 15) is 4.39 Å². The van der Waals surface area contributed by atoms with Gasteiger partial charge in [0, 0.05) is 12.7 Å². The van der Waals surface area contributed by atoms with E-state index in [1.807, 2.05) is 47.9 Å². The number of nitrogens with one attached hydrogen (secondary N) is 2. The molecule has 2 N–H and O–H groups in total. The van der Waals surface area contributed by atoms with E-state index >= 15 is 0 Å². The number of para-hydroxylation sites is 1. The maximum atomic E-state index is 14.4. The van der Waals surface area contributed by atoms with Crippen LogP contribution in [-0.4, -0.2) is 34.4 Å². The number of ether oxygens (including phenoxy) is 1. The molecule has 3 aromatic rings. The molecule has 0 radical (unpaired) electrons. The summed E-state index contributed by atoms with van der Waals surface area (Å²) in [6.07, 6.45) is 4.03. The van der Waals surface area contributed by atoms with E-state index in [0.29, 0.717) is 30.8 Å². The molecule has 9 heteroatoms. The molecular formula is C23H28FIN6O. The number of hydrogen-bond donors (Lipinski definition) is 2. The highest BCUT2D eigenvalue weighted by atomic mass is 127. The molecule has 1 unspecified atom stereocenters. The first-order chi connectivity index (χ1) is 15.1. The van der Waals surface area contributed by atoms with Crippen LogP contribution in [0.5, 0.6) is 5.75 Å². The third-order valence-corrected chi connectivity index (χ3v) is 5.27. The molecule has 1 aliphatic carbocycles. The van der Waals surface area contributed by atoms with Gasteiger partial charge in [0.25, 0.3) is 0 Å². The summed E-state index contributed by atoms with van der Waals surface area (Å²) in [5.74, 6) is 1.90. The van der Waals surface area contributed by atoms with Gasteiger partial charge in [-0.2, -0.15) is 0 Å². The molecule has 1 saturated carbocycles. The first-order valence-electron chi connectivity index (χ1n) is 10.5. The van der Waals surface area contributed by atoms with Crippen LogP contribution >= 0.6 is 24.0 Å². The Morgan fingerprint density at radius 3 is 2.72 bits per heavy atom. The highest BCUT2D eigenvalue weighted by Gasteiger charge is 2.22. The van der Waals surface area contributed by atoms with Crippen LogP contribution in [0.4, 0.5) is 4.39 Å². The molecule has 0 bridgehead atoms. The molecular weight excluding hydrogens is 522 g/mol. The Bertz CT molecular complexity index is 1040. The summed E-state index contributed by atoms with van der Waals surface area (Å²) in [4.78, 5) is 4.27. The molecule has 0 saturated heterocycles. The van der Waals surface area contributed by atoms with Crippen molar-refractivity contribution < 1.29 is 9.13 Å². The maximum absolute atomic E-state index is 14.4. The standard InChI is InChI=1S/C23H27FN6O.HI/c1-16(18-10-11-21(20(24)12-18)31-14-17-8-9-17)28-23(25-2)26-13-22-29-27-15-30(22)19-6-4-3-5-7-19;/h3-7,10-12,15-17H,8-9,13-14H2,1-2H3,(H2,25,26,28);1H. The van der Waals surface area contributed by atoms with Gasteiger partial charge in [0.1, 0.15) is 6.33 Å². The fraction of sp³-hybridized carbons (Fsp3) is 0.348. The second kappa shape index (κ2) is 11.3. The van der Waals surface area contributed by atoms with Gasteiger partial charge in [-0.25, -0.2) is 4.39 Å². The summed E-state index contributed by atoms with van der Waals surface area (Å²) in [5, 5.41) is 14.7. The van der Waals surface area contributed by atoms with E-state index < -0.39 is 0 Å². The summed E-state index contributed by atoms with van der Waals surface area (Å²) in [5.41, 5.74) is 1.80. The lowest BCUT2D eigenvalue weighted by molar-refractivity contribution is 0.285. The Kier molecular flexibility index (Phi) is 8.43. The number of rotatable bonds is 8. The van der Waals surface area contributed by atoms with Crippen molar-refractivity contribution in [2.45, 2.75) is 32.4 Å². The van der Waals surface area contributed by atoms with Crippen molar-refractivity contribution in [1.82, 2.24) is 25.4 Å². The molecule has 0 spiro atoms. The van der Waals surface area contributed by atoms with Gasteiger partial charge in [-0.3, -0.25) is 9.56 Å². The van der Waals surface area contributed by atoms with Crippen molar-refractivity contribution in [1.29, 1.82) is 0 Å². The van der Waals surface area contributed by atoms with Crippen LogP contribution in [0.3, 0.4) is 0 Å². The third kappa shape index (κ3) is 6.18. The van der Waals surface area contributed by atoms with E-state index in [4.69, 9.17) is 4.74 Å². The molecule has 1 aromatic heterocycles. The van der Waals surface area contributed by atoms with E-state index in [-0.39, 0.29) is 35.8 Å². The van der Waals surface area contributed by atoms with Gasteiger partial charge in [-0.05, 0) is 55.5 Å². The second-order valence-electron chi connectivity index (χ2n) is 7.69. The lowest BCUT2D eigenvalue weighted by atomic mass is 10.1. The Morgan fingerprint density at radius 2 is 2.03 bits per heavy atom. The first-order valence-corrected chi connectivity index (χ1v) is 10.5. The number of benzene rings is 2. The highest BCUT2D eigenvalue weighted by molar-refractivity contribution is 14.0. The third-order valence-electron chi connectivity index (χ3n) is 5.27. The van der Waals surface area contributed by atoms with Crippen LogP contribution in [-0.2, 0) is 6.54 Å². The minimum absolute atomic E-state index is 0. The number of halogens is 2. The van der Waals surface area contributed by atoms with Crippen LogP contribution in [0.2, 0.25) is 0 Å². The summed E-state index contributed by atoms with van der Waals surface area (Å²) in [7, 11) is 1.69. The molecule has 170 valence electrons. The van der Waals surface area contributed by atoms with Gasteiger partial charge in [0.2, 0.25) is 0 Å². The smallest absolute Gasteiger partial charge is 0.191 e. The zero-order chi connectivity index (χ0) is 21.6. The Labute approximate surface area is 204 Å². The van der Waals surface area contributed by atoms with E-state index in [1.54, 1.807) is 19.4 Å².